The Morgan fingerprint density at radius 3 is 2.42 bits per heavy atom. The van der Waals surface area contributed by atoms with Gasteiger partial charge in [0.15, 0.2) is 0 Å². The molecule has 0 fully saturated rings. The highest BCUT2D eigenvalue weighted by Gasteiger charge is 2.24. The molecule has 4 aromatic rings. The van der Waals surface area contributed by atoms with E-state index in [1.165, 1.54) is 34.9 Å². The maximum Gasteiger partial charge on any atom is 0.269 e. The van der Waals surface area contributed by atoms with Crippen LogP contribution in [0.5, 0.6) is 11.6 Å². The summed E-state index contributed by atoms with van der Waals surface area (Å²) < 4.78 is 33.1. The molecule has 0 saturated carbocycles. The molecule has 0 spiro atoms. The van der Waals surface area contributed by atoms with Crippen molar-refractivity contribution in [3.8, 4) is 17.7 Å². The number of aromatic nitrogens is 2. The first-order valence-corrected chi connectivity index (χ1v) is 11.6. The van der Waals surface area contributed by atoms with E-state index in [1.807, 2.05) is 0 Å². The second-order valence-electron chi connectivity index (χ2n) is 6.67. The van der Waals surface area contributed by atoms with Gasteiger partial charge in [0.05, 0.1) is 9.92 Å². The minimum Gasteiger partial charge on any atom is -0.437 e. The molecule has 33 heavy (non-hydrogen) atoms. The topological polar surface area (TPSA) is 102 Å². The van der Waals surface area contributed by atoms with Crippen molar-refractivity contribution in [2.24, 2.45) is 0 Å². The monoisotopic (exact) mass is 497 g/mol. The van der Waals surface area contributed by atoms with Crippen molar-refractivity contribution >= 4 is 44.8 Å². The molecular weight excluding hydrogens is 485 g/mol. The van der Waals surface area contributed by atoms with Gasteiger partial charge in [-0.1, -0.05) is 41.4 Å². The zero-order chi connectivity index (χ0) is 23.6. The van der Waals surface area contributed by atoms with Gasteiger partial charge in [0, 0.05) is 11.2 Å². The summed E-state index contributed by atoms with van der Waals surface area (Å²) in [6.07, 6.45) is 2.42. The highest BCUT2D eigenvalue weighted by atomic mass is 35.5. The molecule has 7 nitrogen and oxygen atoms in total. The summed E-state index contributed by atoms with van der Waals surface area (Å²) in [5, 5.41) is 10.3. The minimum absolute atomic E-state index is 0.151. The van der Waals surface area contributed by atoms with Crippen molar-refractivity contribution in [1.29, 1.82) is 5.26 Å². The number of nitriles is 1. The molecular formula is C23H13Cl2N3O4S. The van der Waals surface area contributed by atoms with Crippen molar-refractivity contribution < 1.29 is 13.2 Å². The molecule has 0 aliphatic carbocycles. The predicted molar refractivity (Wildman–Crippen MR) is 125 cm³/mol. The standard InChI is InChI=1S/C23H13Cl2N3O4S/c24-15-8-10-16(11-9-15)33(30,31)17(14-26)13-18-22(32-20-6-2-1-5-19(20)25)27-21-7-3-4-12-28(21)23(18)29/h1-13H/b17-13+. The molecule has 0 amide bonds. The Hall–Kier alpha value is -3.64. The molecule has 2 aromatic carbocycles. The lowest BCUT2D eigenvalue weighted by molar-refractivity contribution is 0.461. The molecule has 164 valence electrons. The highest BCUT2D eigenvalue weighted by molar-refractivity contribution is 7.95. The number of para-hydroxylation sites is 1. The molecule has 0 radical (unpaired) electrons. The summed E-state index contributed by atoms with van der Waals surface area (Å²) in [5.74, 6) is 0.0124. The zero-order valence-corrected chi connectivity index (χ0v) is 19.0. The van der Waals surface area contributed by atoms with Gasteiger partial charge in [0.25, 0.3) is 5.56 Å². The van der Waals surface area contributed by atoms with E-state index in [4.69, 9.17) is 27.9 Å². The van der Waals surface area contributed by atoms with E-state index >= 15 is 0 Å². The van der Waals surface area contributed by atoms with Gasteiger partial charge < -0.3 is 4.74 Å². The SMILES string of the molecule is N#C/C(=C\c1c(Oc2ccccc2Cl)nc2ccccn2c1=O)S(=O)(=O)c1ccc(Cl)cc1. The second-order valence-corrected chi connectivity index (χ2v) is 9.44. The first kappa shape index (κ1) is 22.6. The third-order valence-electron chi connectivity index (χ3n) is 4.58. The predicted octanol–water partition coefficient (Wildman–Crippen LogP) is 5.13. The van der Waals surface area contributed by atoms with Gasteiger partial charge in [-0.2, -0.15) is 10.2 Å². The molecule has 0 N–H and O–H groups in total. The smallest absolute Gasteiger partial charge is 0.269 e. The number of benzene rings is 2. The lowest BCUT2D eigenvalue weighted by Crippen LogP contribution is -2.19. The Balaban J connectivity index is 1.95. The van der Waals surface area contributed by atoms with Gasteiger partial charge in [-0.05, 0) is 54.6 Å². The first-order valence-electron chi connectivity index (χ1n) is 9.37. The molecule has 0 atom stereocenters. The Bertz CT molecular complexity index is 1610. The van der Waals surface area contributed by atoms with Gasteiger partial charge in [-0.25, -0.2) is 8.42 Å². The van der Waals surface area contributed by atoms with Crippen molar-refractivity contribution in [3.05, 3.63) is 104 Å². The fraction of sp³-hybridized carbons (Fsp3) is 0. The first-order chi connectivity index (χ1) is 15.8. The average Bonchev–Trinajstić information content (AvgIpc) is 2.80. The molecule has 4 rings (SSSR count). The summed E-state index contributed by atoms with van der Waals surface area (Å²) >= 11 is 12.0. The van der Waals surface area contributed by atoms with Crippen LogP contribution in [-0.4, -0.2) is 17.8 Å². The number of hydrogen-bond acceptors (Lipinski definition) is 6. The van der Waals surface area contributed by atoms with Crippen molar-refractivity contribution in [2.75, 3.05) is 0 Å². The lowest BCUT2D eigenvalue weighted by atomic mass is 10.2. The number of rotatable bonds is 5. The Morgan fingerprint density at radius 2 is 1.73 bits per heavy atom. The van der Waals surface area contributed by atoms with E-state index in [0.717, 1.165) is 6.08 Å². The summed E-state index contributed by atoms with van der Waals surface area (Å²) in [6.45, 7) is 0. The summed E-state index contributed by atoms with van der Waals surface area (Å²) in [5.41, 5.74) is -0.588. The van der Waals surface area contributed by atoms with E-state index in [2.05, 4.69) is 4.98 Å². The largest absolute Gasteiger partial charge is 0.437 e. The van der Waals surface area contributed by atoms with Crippen LogP contribution >= 0.6 is 23.2 Å². The van der Waals surface area contributed by atoms with Crippen LogP contribution in [0.3, 0.4) is 0 Å². The van der Waals surface area contributed by atoms with Gasteiger partial charge in [-0.15, -0.1) is 0 Å². The van der Waals surface area contributed by atoms with Crippen molar-refractivity contribution in [1.82, 2.24) is 9.38 Å². The maximum atomic E-state index is 13.2. The van der Waals surface area contributed by atoms with Gasteiger partial charge in [0.2, 0.25) is 15.7 Å². The normalized spacial score (nSPS) is 11.8. The van der Waals surface area contributed by atoms with E-state index in [1.54, 1.807) is 48.5 Å². The number of nitrogens with zero attached hydrogens (tertiary/aromatic N) is 3. The molecule has 0 aliphatic rings. The highest BCUT2D eigenvalue weighted by Crippen LogP contribution is 2.31. The number of allylic oxidation sites excluding steroid dienone is 1. The van der Waals surface area contributed by atoms with E-state index in [-0.39, 0.29) is 32.8 Å². The van der Waals surface area contributed by atoms with Crippen LogP contribution in [0.2, 0.25) is 10.0 Å². The van der Waals surface area contributed by atoms with Crippen molar-refractivity contribution in [3.63, 3.8) is 0 Å². The van der Waals surface area contributed by atoms with E-state index in [9.17, 15) is 18.5 Å². The zero-order valence-electron chi connectivity index (χ0n) is 16.6. The number of sulfone groups is 1. The Labute approximate surface area is 198 Å². The van der Waals surface area contributed by atoms with Crippen LogP contribution in [0, 0.1) is 11.3 Å². The van der Waals surface area contributed by atoms with Gasteiger partial charge >= 0.3 is 0 Å². The molecule has 0 aliphatic heterocycles. The number of pyridine rings is 1. The number of ether oxygens (including phenoxy) is 1. The van der Waals surface area contributed by atoms with E-state index < -0.39 is 20.3 Å². The van der Waals surface area contributed by atoms with Crippen LogP contribution in [0.15, 0.2) is 87.5 Å². The number of fused-ring (bicyclic) bond motifs is 1. The summed E-state index contributed by atoms with van der Waals surface area (Å²) in [7, 11) is -4.25. The molecule has 10 heteroatoms. The molecule has 2 aromatic heterocycles. The quantitative estimate of drug-likeness (QED) is 0.354. The third kappa shape index (κ3) is 4.47. The van der Waals surface area contributed by atoms with Crippen LogP contribution in [-0.2, 0) is 9.84 Å². The van der Waals surface area contributed by atoms with Crippen LogP contribution in [0.25, 0.3) is 11.7 Å². The fourth-order valence-electron chi connectivity index (χ4n) is 2.96. The third-order valence-corrected chi connectivity index (χ3v) is 6.82. The van der Waals surface area contributed by atoms with Crippen LogP contribution in [0.4, 0.5) is 0 Å². The summed E-state index contributed by atoms with van der Waals surface area (Å²) in [6, 6.07) is 18.4. The van der Waals surface area contributed by atoms with Gasteiger partial charge in [-0.3, -0.25) is 9.20 Å². The average molecular weight is 498 g/mol. The second kappa shape index (κ2) is 9.08. The lowest BCUT2D eigenvalue weighted by Gasteiger charge is -2.11. The maximum absolute atomic E-state index is 13.2. The molecule has 0 saturated heterocycles. The molecule has 2 heterocycles. The summed E-state index contributed by atoms with van der Waals surface area (Å²) in [4.78, 5) is 16.8. The molecule has 0 bridgehead atoms. The Kier molecular flexibility index (Phi) is 6.20. The number of halogens is 2. The van der Waals surface area contributed by atoms with Crippen LogP contribution in [0.1, 0.15) is 5.56 Å². The Morgan fingerprint density at radius 1 is 1.03 bits per heavy atom. The van der Waals surface area contributed by atoms with Gasteiger partial charge in [0.1, 0.15) is 27.9 Å². The molecule has 0 unspecified atom stereocenters. The van der Waals surface area contributed by atoms with Crippen LogP contribution < -0.4 is 10.3 Å². The number of hydrogen-bond donors (Lipinski definition) is 0. The fourth-order valence-corrected chi connectivity index (χ4v) is 4.40. The van der Waals surface area contributed by atoms with E-state index in [0.29, 0.717) is 5.02 Å². The van der Waals surface area contributed by atoms with Crippen molar-refractivity contribution in [2.45, 2.75) is 4.90 Å². The minimum atomic E-state index is -4.25.